The van der Waals surface area contributed by atoms with Gasteiger partial charge in [0, 0.05) is 22.2 Å². The smallest absolute Gasteiger partial charge is 0.132 e. The van der Waals surface area contributed by atoms with Crippen molar-refractivity contribution in [3.63, 3.8) is 0 Å². The lowest BCUT2D eigenvalue weighted by molar-refractivity contribution is 0.436. The number of para-hydroxylation sites is 1. The van der Waals surface area contributed by atoms with E-state index in [2.05, 4.69) is 218 Å². The van der Waals surface area contributed by atoms with Gasteiger partial charge in [-0.25, -0.2) is 0 Å². The Labute approximate surface area is 344 Å². The van der Waals surface area contributed by atoms with Gasteiger partial charge in [0.1, 0.15) is 11.5 Å². The fraction of sp³-hybridized carbons (Fsp3) is 0.0526. The van der Waals surface area contributed by atoms with Crippen LogP contribution in [0.2, 0.25) is 0 Å². The molecule has 1 unspecified atom stereocenters. The number of anilines is 3. The van der Waals surface area contributed by atoms with Crippen LogP contribution in [0.25, 0.3) is 44.5 Å². The molecule has 1 atom stereocenters. The molecule has 0 saturated heterocycles. The van der Waals surface area contributed by atoms with Crippen LogP contribution in [0, 0.1) is 0 Å². The van der Waals surface area contributed by atoms with Crippen molar-refractivity contribution in [2.24, 2.45) is 0 Å². The summed E-state index contributed by atoms with van der Waals surface area (Å²) in [5, 5.41) is 0. The summed E-state index contributed by atoms with van der Waals surface area (Å²) in [6.45, 7) is 2.44. The molecule has 1 spiro atoms. The Bertz CT molecular complexity index is 3170. The van der Waals surface area contributed by atoms with Crippen molar-refractivity contribution < 1.29 is 4.74 Å². The molecule has 4 aliphatic rings. The van der Waals surface area contributed by atoms with Crippen molar-refractivity contribution in [3.05, 3.63) is 245 Å². The summed E-state index contributed by atoms with van der Waals surface area (Å²) in [5.41, 5.74) is 21.7. The maximum absolute atomic E-state index is 6.80. The average Bonchev–Trinajstić information content (AvgIpc) is 3.75. The highest BCUT2D eigenvalue weighted by Crippen LogP contribution is 2.64. The van der Waals surface area contributed by atoms with Crippen LogP contribution in [-0.2, 0) is 10.8 Å². The van der Waals surface area contributed by atoms with E-state index in [1.807, 2.05) is 0 Å². The second-order valence-corrected chi connectivity index (χ2v) is 16.5. The highest BCUT2D eigenvalue weighted by atomic mass is 16.5. The van der Waals surface area contributed by atoms with E-state index in [1.54, 1.807) is 0 Å². The van der Waals surface area contributed by atoms with Crippen LogP contribution in [0.5, 0.6) is 11.5 Å². The minimum absolute atomic E-state index is 0.352. The van der Waals surface area contributed by atoms with Gasteiger partial charge in [-0.05, 0) is 128 Å². The predicted octanol–water partition coefficient (Wildman–Crippen LogP) is 14.6. The summed E-state index contributed by atoms with van der Waals surface area (Å²) >= 11 is 0. The van der Waals surface area contributed by atoms with Crippen LogP contribution in [0.15, 0.2) is 206 Å². The number of hydrogen-bond donors (Lipinski definition) is 0. The van der Waals surface area contributed by atoms with Gasteiger partial charge in [0.05, 0.1) is 16.8 Å². The van der Waals surface area contributed by atoms with E-state index in [0.29, 0.717) is 0 Å². The zero-order valence-corrected chi connectivity index (χ0v) is 32.5. The molecule has 59 heavy (non-hydrogen) atoms. The molecule has 0 amide bonds. The van der Waals surface area contributed by atoms with Gasteiger partial charge in [0.2, 0.25) is 0 Å². The minimum atomic E-state index is -0.519. The molecule has 2 heteroatoms. The van der Waals surface area contributed by atoms with Crippen molar-refractivity contribution in [2.75, 3.05) is 4.90 Å². The van der Waals surface area contributed by atoms with Gasteiger partial charge in [0.25, 0.3) is 0 Å². The van der Waals surface area contributed by atoms with Gasteiger partial charge in [-0.1, -0.05) is 158 Å². The highest BCUT2D eigenvalue weighted by molar-refractivity contribution is 5.98. The first-order chi connectivity index (χ1) is 29.1. The Morgan fingerprint density at radius 2 is 0.881 bits per heavy atom. The largest absolute Gasteiger partial charge is 0.457 e. The van der Waals surface area contributed by atoms with Crippen LogP contribution in [-0.4, -0.2) is 0 Å². The Kier molecular flexibility index (Phi) is 6.54. The molecule has 2 heterocycles. The molecule has 2 nitrogen and oxygen atoms in total. The predicted molar refractivity (Wildman–Crippen MR) is 240 cm³/mol. The monoisotopic (exact) mass is 751 g/mol. The zero-order chi connectivity index (χ0) is 38.9. The number of ether oxygens (including phenoxy) is 1. The summed E-state index contributed by atoms with van der Waals surface area (Å²) in [7, 11) is 0. The summed E-state index contributed by atoms with van der Waals surface area (Å²) < 4.78 is 6.80. The minimum Gasteiger partial charge on any atom is -0.457 e. The Morgan fingerprint density at radius 3 is 1.61 bits per heavy atom. The summed E-state index contributed by atoms with van der Waals surface area (Å²) in [6.07, 6.45) is 0. The van der Waals surface area contributed by atoms with E-state index >= 15 is 0 Å². The number of rotatable bonds is 3. The van der Waals surface area contributed by atoms with Crippen molar-refractivity contribution >= 4 is 17.1 Å². The Balaban J connectivity index is 1.03. The maximum atomic E-state index is 6.80. The first kappa shape index (κ1) is 32.6. The normalized spacial score (nSPS) is 16.5. The summed E-state index contributed by atoms with van der Waals surface area (Å²) in [4.78, 5) is 2.49. The molecule has 9 aromatic carbocycles. The molecule has 13 rings (SSSR count). The SMILES string of the molecule is CC12c3ccccc3-c3cccc(c31)N(c1ccc(-c3ccccc3)cc1)c1ccc(-c3ccc4c(c3)C3(c5ccccc5O4)c4ccccc4-c4ccccc43)cc12. The zero-order valence-electron chi connectivity index (χ0n) is 32.5. The van der Waals surface area contributed by atoms with E-state index in [9.17, 15) is 0 Å². The van der Waals surface area contributed by atoms with Crippen LogP contribution in [0.3, 0.4) is 0 Å². The molecule has 2 aliphatic heterocycles. The first-order valence-electron chi connectivity index (χ1n) is 20.6. The number of benzene rings is 9. The molecular weight excluding hydrogens is 715 g/mol. The lowest BCUT2D eigenvalue weighted by Crippen LogP contribution is -2.32. The van der Waals surface area contributed by atoms with Crippen LogP contribution >= 0.6 is 0 Å². The third kappa shape index (κ3) is 4.20. The summed E-state index contributed by atoms with van der Waals surface area (Å²) in [6, 6.07) is 76.1. The average molecular weight is 752 g/mol. The van der Waals surface area contributed by atoms with Crippen LogP contribution in [0.4, 0.5) is 17.1 Å². The molecule has 0 fully saturated rings. The number of nitrogens with zero attached hydrogens (tertiary/aromatic N) is 1. The molecule has 0 radical (unpaired) electrons. The molecule has 9 aromatic rings. The Hall–Kier alpha value is -7.42. The van der Waals surface area contributed by atoms with E-state index in [0.717, 1.165) is 17.2 Å². The van der Waals surface area contributed by atoms with E-state index in [1.165, 1.54) is 94.8 Å². The van der Waals surface area contributed by atoms with Crippen LogP contribution in [0.1, 0.15) is 45.9 Å². The van der Waals surface area contributed by atoms with Crippen molar-refractivity contribution in [2.45, 2.75) is 17.8 Å². The third-order valence-corrected chi connectivity index (χ3v) is 13.7. The summed E-state index contributed by atoms with van der Waals surface area (Å²) in [5.74, 6) is 1.81. The maximum Gasteiger partial charge on any atom is 0.132 e. The van der Waals surface area contributed by atoms with E-state index in [4.69, 9.17) is 4.74 Å². The molecular formula is C57H37NO. The van der Waals surface area contributed by atoms with Crippen molar-refractivity contribution in [1.29, 1.82) is 0 Å². The van der Waals surface area contributed by atoms with E-state index < -0.39 is 5.41 Å². The molecule has 2 aliphatic carbocycles. The molecule has 0 aromatic heterocycles. The first-order valence-corrected chi connectivity index (χ1v) is 20.6. The second-order valence-electron chi connectivity index (χ2n) is 16.5. The molecule has 0 saturated carbocycles. The fourth-order valence-electron chi connectivity index (χ4n) is 11.2. The molecule has 276 valence electrons. The number of hydrogen-bond acceptors (Lipinski definition) is 2. The van der Waals surface area contributed by atoms with Crippen molar-refractivity contribution in [3.8, 4) is 56.0 Å². The number of fused-ring (bicyclic) bond motifs is 14. The van der Waals surface area contributed by atoms with Gasteiger partial charge in [-0.2, -0.15) is 0 Å². The van der Waals surface area contributed by atoms with Gasteiger partial charge < -0.3 is 9.64 Å². The van der Waals surface area contributed by atoms with Gasteiger partial charge in [0.15, 0.2) is 0 Å². The van der Waals surface area contributed by atoms with E-state index in [-0.39, 0.29) is 5.41 Å². The van der Waals surface area contributed by atoms with Gasteiger partial charge in [-0.15, -0.1) is 0 Å². The van der Waals surface area contributed by atoms with Gasteiger partial charge >= 0.3 is 0 Å². The second kappa shape index (κ2) is 11.8. The van der Waals surface area contributed by atoms with Crippen molar-refractivity contribution in [1.82, 2.24) is 0 Å². The quantitative estimate of drug-likeness (QED) is 0.178. The molecule has 0 N–H and O–H groups in total. The highest BCUT2D eigenvalue weighted by Gasteiger charge is 2.52. The fourth-order valence-corrected chi connectivity index (χ4v) is 11.2. The standard InChI is InChI=1S/C57H37NO/c1-56-45-20-8-5-18-43(45)44-19-13-24-52(55(44)56)58(40-30-26-37(27-31-40)36-14-3-2-4-15-36)51-32-28-38(34-49(51)56)39-29-33-54-50(35-39)57(48-23-11-12-25-53(48)59-54)46-21-9-6-16-41(46)42-17-7-10-22-47(42)57/h2-35H,1H3. The Morgan fingerprint density at radius 1 is 0.356 bits per heavy atom. The van der Waals surface area contributed by atoms with Gasteiger partial charge in [-0.3, -0.25) is 0 Å². The molecule has 0 bridgehead atoms. The van der Waals surface area contributed by atoms with Crippen LogP contribution < -0.4 is 9.64 Å². The lowest BCUT2D eigenvalue weighted by Gasteiger charge is -2.42. The lowest BCUT2D eigenvalue weighted by atomic mass is 9.65. The third-order valence-electron chi connectivity index (χ3n) is 13.7. The topological polar surface area (TPSA) is 12.5 Å².